The molecule has 0 aliphatic carbocycles. The van der Waals surface area contributed by atoms with Crippen molar-refractivity contribution in [2.24, 2.45) is 5.73 Å². The molecule has 114 valence electrons. The van der Waals surface area contributed by atoms with E-state index in [0.717, 1.165) is 24.2 Å². The number of hydrogen-bond donors (Lipinski definition) is 1. The SMILES string of the molecule is CCC(CC)(OC)C(N)c1ccccc1OCCOC. The average Bonchev–Trinajstić information content (AvgIpc) is 2.50. The Morgan fingerprint density at radius 1 is 1.10 bits per heavy atom. The quantitative estimate of drug-likeness (QED) is 0.707. The van der Waals surface area contributed by atoms with E-state index in [1.165, 1.54) is 0 Å². The normalized spacial score (nSPS) is 13.2. The molecule has 1 aromatic rings. The molecule has 2 N–H and O–H groups in total. The van der Waals surface area contributed by atoms with Crippen molar-refractivity contribution in [2.75, 3.05) is 27.4 Å². The van der Waals surface area contributed by atoms with Crippen LogP contribution in [0.3, 0.4) is 0 Å². The van der Waals surface area contributed by atoms with Crippen molar-refractivity contribution in [2.45, 2.75) is 38.3 Å². The van der Waals surface area contributed by atoms with Crippen LogP contribution in [0.4, 0.5) is 0 Å². The van der Waals surface area contributed by atoms with Crippen LogP contribution in [0.15, 0.2) is 24.3 Å². The van der Waals surface area contributed by atoms with Gasteiger partial charge >= 0.3 is 0 Å². The molecule has 0 aliphatic heterocycles. The van der Waals surface area contributed by atoms with E-state index in [9.17, 15) is 0 Å². The fourth-order valence-electron chi connectivity index (χ4n) is 2.49. The molecule has 0 fully saturated rings. The summed E-state index contributed by atoms with van der Waals surface area (Å²) in [6.45, 7) is 5.27. The zero-order valence-electron chi connectivity index (χ0n) is 13.0. The Balaban J connectivity index is 2.99. The standard InChI is InChI=1S/C16H27NO3/c1-5-16(6-2,19-4)15(17)13-9-7-8-10-14(13)20-12-11-18-3/h7-10,15H,5-6,11-12,17H2,1-4H3. The number of para-hydroxylation sites is 1. The molecular weight excluding hydrogens is 254 g/mol. The molecule has 0 heterocycles. The fourth-order valence-corrected chi connectivity index (χ4v) is 2.49. The summed E-state index contributed by atoms with van der Waals surface area (Å²) in [7, 11) is 3.38. The molecule has 1 aromatic carbocycles. The largest absolute Gasteiger partial charge is 0.491 e. The number of methoxy groups -OCH3 is 2. The second-order valence-electron chi connectivity index (χ2n) is 4.83. The van der Waals surface area contributed by atoms with Gasteiger partial charge in [-0.15, -0.1) is 0 Å². The maximum atomic E-state index is 6.47. The highest BCUT2D eigenvalue weighted by atomic mass is 16.5. The second-order valence-corrected chi connectivity index (χ2v) is 4.83. The number of benzene rings is 1. The van der Waals surface area contributed by atoms with E-state index in [0.29, 0.717) is 13.2 Å². The summed E-state index contributed by atoms with van der Waals surface area (Å²) >= 11 is 0. The van der Waals surface area contributed by atoms with Gasteiger partial charge in [-0.3, -0.25) is 0 Å². The van der Waals surface area contributed by atoms with Crippen LogP contribution in [0.1, 0.15) is 38.3 Å². The lowest BCUT2D eigenvalue weighted by molar-refractivity contribution is -0.0391. The van der Waals surface area contributed by atoms with Crippen LogP contribution < -0.4 is 10.5 Å². The first-order valence-electron chi connectivity index (χ1n) is 7.16. The summed E-state index contributed by atoms with van der Waals surface area (Å²) in [4.78, 5) is 0. The Kier molecular flexibility index (Phi) is 6.99. The van der Waals surface area contributed by atoms with Gasteiger partial charge in [-0.05, 0) is 18.9 Å². The van der Waals surface area contributed by atoms with Gasteiger partial charge in [0.25, 0.3) is 0 Å². The van der Waals surface area contributed by atoms with Gasteiger partial charge in [-0.1, -0.05) is 32.0 Å². The van der Waals surface area contributed by atoms with Crippen LogP contribution in [0, 0.1) is 0 Å². The van der Waals surface area contributed by atoms with Gasteiger partial charge in [0.1, 0.15) is 12.4 Å². The van der Waals surface area contributed by atoms with E-state index >= 15 is 0 Å². The zero-order valence-corrected chi connectivity index (χ0v) is 13.0. The molecule has 0 radical (unpaired) electrons. The van der Waals surface area contributed by atoms with Gasteiger partial charge in [0, 0.05) is 19.8 Å². The Bertz CT molecular complexity index is 383. The lowest BCUT2D eigenvalue weighted by atomic mass is 9.84. The predicted octanol–water partition coefficient (Wildman–Crippen LogP) is 2.92. The Morgan fingerprint density at radius 3 is 2.30 bits per heavy atom. The van der Waals surface area contributed by atoms with Gasteiger partial charge in [0.2, 0.25) is 0 Å². The molecule has 0 bridgehead atoms. The molecule has 1 unspecified atom stereocenters. The predicted molar refractivity (Wildman–Crippen MR) is 81.1 cm³/mol. The van der Waals surface area contributed by atoms with Crippen molar-refractivity contribution >= 4 is 0 Å². The van der Waals surface area contributed by atoms with Crippen LogP contribution in [0.25, 0.3) is 0 Å². The third-order valence-corrected chi connectivity index (χ3v) is 3.97. The summed E-state index contributed by atoms with van der Waals surface area (Å²) in [5.41, 5.74) is 7.09. The van der Waals surface area contributed by atoms with Crippen molar-refractivity contribution < 1.29 is 14.2 Å². The highest BCUT2D eigenvalue weighted by Crippen LogP contribution is 2.36. The van der Waals surface area contributed by atoms with Gasteiger partial charge in [0.05, 0.1) is 18.2 Å². The van der Waals surface area contributed by atoms with Crippen LogP contribution in [0.2, 0.25) is 0 Å². The molecule has 1 rings (SSSR count). The minimum absolute atomic E-state index is 0.221. The molecule has 0 saturated carbocycles. The highest BCUT2D eigenvalue weighted by molar-refractivity contribution is 5.37. The second kappa shape index (κ2) is 8.25. The molecule has 0 saturated heterocycles. The fraction of sp³-hybridized carbons (Fsp3) is 0.625. The van der Waals surface area contributed by atoms with Crippen LogP contribution in [-0.2, 0) is 9.47 Å². The van der Waals surface area contributed by atoms with E-state index in [1.54, 1.807) is 14.2 Å². The van der Waals surface area contributed by atoms with Crippen LogP contribution in [-0.4, -0.2) is 33.0 Å². The minimum Gasteiger partial charge on any atom is -0.491 e. The maximum absolute atomic E-state index is 6.47. The van der Waals surface area contributed by atoms with Gasteiger partial charge in [-0.25, -0.2) is 0 Å². The Hall–Kier alpha value is -1.10. The molecule has 0 aliphatic rings. The summed E-state index contributed by atoms with van der Waals surface area (Å²) < 4.78 is 16.5. The summed E-state index contributed by atoms with van der Waals surface area (Å²) in [5.74, 6) is 0.806. The number of rotatable bonds is 9. The summed E-state index contributed by atoms with van der Waals surface area (Å²) in [5, 5.41) is 0. The molecule has 4 nitrogen and oxygen atoms in total. The monoisotopic (exact) mass is 281 g/mol. The first-order valence-corrected chi connectivity index (χ1v) is 7.16. The molecule has 1 atom stereocenters. The van der Waals surface area contributed by atoms with Crippen molar-refractivity contribution in [3.8, 4) is 5.75 Å². The molecular formula is C16H27NO3. The maximum Gasteiger partial charge on any atom is 0.124 e. The van der Waals surface area contributed by atoms with Gasteiger partial charge in [0.15, 0.2) is 0 Å². The first-order chi connectivity index (χ1) is 9.65. The molecule has 0 amide bonds. The van der Waals surface area contributed by atoms with Crippen LogP contribution in [0.5, 0.6) is 5.75 Å². The average molecular weight is 281 g/mol. The summed E-state index contributed by atoms with van der Waals surface area (Å²) in [6, 6.07) is 7.65. The topological polar surface area (TPSA) is 53.7 Å². The number of hydrogen-bond acceptors (Lipinski definition) is 4. The lowest BCUT2D eigenvalue weighted by Gasteiger charge is -2.37. The van der Waals surface area contributed by atoms with Crippen molar-refractivity contribution in [1.29, 1.82) is 0 Å². The van der Waals surface area contributed by atoms with Gasteiger partial charge < -0.3 is 19.9 Å². The van der Waals surface area contributed by atoms with Crippen LogP contribution >= 0.6 is 0 Å². The third-order valence-electron chi connectivity index (χ3n) is 3.97. The van der Waals surface area contributed by atoms with E-state index in [2.05, 4.69) is 13.8 Å². The Morgan fingerprint density at radius 2 is 1.75 bits per heavy atom. The number of ether oxygens (including phenoxy) is 3. The first kappa shape index (κ1) is 17.0. The lowest BCUT2D eigenvalue weighted by Crippen LogP contribution is -2.42. The van der Waals surface area contributed by atoms with Gasteiger partial charge in [-0.2, -0.15) is 0 Å². The smallest absolute Gasteiger partial charge is 0.124 e. The van der Waals surface area contributed by atoms with E-state index in [4.69, 9.17) is 19.9 Å². The molecule has 0 spiro atoms. The van der Waals surface area contributed by atoms with E-state index in [-0.39, 0.29) is 11.6 Å². The van der Waals surface area contributed by atoms with E-state index < -0.39 is 0 Å². The molecule has 4 heteroatoms. The Labute approximate surface area is 122 Å². The zero-order chi connectivity index (χ0) is 15.0. The minimum atomic E-state index is -0.360. The summed E-state index contributed by atoms with van der Waals surface area (Å²) in [6.07, 6.45) is 1.71. The van der Waals surface area contributed by atoms with E-state index in [1.807, 2.05) is 24.3 Å². The van der Waals surface area contributed by atoms with Crippen molar-refractivity contribution in [1.82, 2.24) is 0 Å². The third kappa shape index (κ3) is 3.72. The molecule has 20 heavy (non-hydrogen) atoms. The van der Waals surface area contributed by atoms with Crippen molar-refractivity contribution in [3.05, 3.63) is 29.8 Å². The highest BCUT2D eigenvalue weighted by Gasteiger charge is 2.35. The molecule has 0 aromatic heterocycles. The number of nitrogens with two attached hydrogens (primary N) is 1. The van der Waals surface area contributed by atoms with Crippen molar-refractivity contribution in [3.63, 3.8) is 0 Å².